The van der Waals surface area contributed by atoms with E-state index >= 15 is 0 Å². The maximum absolute atomic E-state index is 12.4. The molecule has 4 aromatic rings. The van der Waals surface area contributed by atoms with Gasteiger partial charge in [0.1, 0.15) is 11.4 Å². The lowest BCUT2D eigenvalue weighted by molar-refractivity contribution is 0.0950. The summed E-state index contributed by atoms with van der Waals surface area (Å²) in [5.74, 6) is -0.314. The number of fused-ring (bicyclic) bond motifs is 1. The van der Waals surface area contributed by atoms with E-state index in [2.05, 4.69) is 27.6 Å². The van der Waals surface area contributed by atoms with Gasteiger partial charge in [-0.2, -0.15) is 10.2 Å². The molecule has 144 valence electrons. The molecule has 0 spiro atoms. The first-order valence-corrected chi connectivity index (χ1v) is 9.34. The Bertz CT molecular complexity index is 1190. The standard InChI is InChI=1S/C23H20N4O2/c1-2-15-7-9-17(10-8-15)20-13-21(26-25-20)23(29)27-24-14-19-18-6-4-3-5-16(18)11-12-22(19)28/h3-14,28H,2H2,1H3,(H,25,26)(H,27,29). The Balaban J connectivity index is 1.49. The van der Waals surface area contributed by atoms with E-state index in [1.807, 2.05) is 54.6 Å². The molecule has 1 amide bonds. The molecule has 0 atom stereocenters. The van der Waals surface area contributed by atoms with E-state index in [9.17, 15) is 9.90 Å². The van der Waals surface area contributed by atoms with Gasteiger partial charge in [0.25, 0.3) is 5.91 Å². The number of hydrogen-bond acceptors (Lipinski definition) is 4. The van der Waals surface area contributed by atoms with E-state index in [-0.39, 0.29) is 5.75 Å². The average Bonchev–Trinajstić information content (AvgIpc) is 3.26. The third kappa shape index (κ3) is 3.87. The Kier molecular flexibility index (Phi) is 5.07. The fraction of sp³-hybridized carbons (Fsp3) is 0.0870. The number of carbonyl (C=O) groups excluding carboxylic acids is 1. The number of hydrazone groups is 1. The number of nitrogens with zero attached hydrogens (tertiary/aromatic N) is 2. The van der Waals surface area contributed by atoms with Crippen molar-refractivity contribution in [2.24, 2.45) is 5.10 Å². The molecule has 3 aromatic carbocycles. The smallest absolute Gasteiger partial charge is 0.289 e. The number of aromatic amines is 1. The first-order valence-electron chi connectivity index (χ1n) is 9.34. The van der Waals surface area contributed by atoms with Crippen molar-refractivity contribution in [3.05, 3.63) is 83.6 Å². The zero-order chi connectivity index (χ0) is 20.2. The molecule has 0 unspecified atom stereocenters. The van der Waals surface area contributed by atoms with Crippen LogP contribution in [-0.2, 0) is 6.42 Å². The minimum Gasteiger partial charge on any atom is -0.507 e. The van der Waals surface area contributed by atoms with Gasteiger partial charge in [-0.15, -0.1) is 0 Å². The summed E-state index contributed by atoms with van der Waals surface area (Å²) in [5.41, 5.74) is 6.19. The third-order valence-corrected chi connectivity index (χ3v) is 4.79. The molecule has 0 aliphatic rings. The highest BCUT2D eigenvalue weighted by atomic mass is 16.3. The molecule has 0 bridgehead atoms. The van der Waals surface area contributed by atoms with Gasteiger partial charge in [0.15, 0.2) is 0 Å². The Morgan fingerprint density at radius 3 is 2.72 bits per heavy atom. The van der Waals surface area contributed by atoms with Crippen LogP contribution in [0.3, 0.4) is 0 Å². The Morgan fingerprint density at radius 2 is 1.93 bits per heavy atom. The van der Waals surface area contributed by atoms with E-state index in [4.69, 9.17) is 0 Å². The molecular weight excluding hydrogens is 364 g/mol. The van der Waals surface area contributed by atoms with Crippen LogP contribution in [0.4, 0.5) is 0 Å². The lowest BCUT2D eigenvalue weighted by Crippen LogP contribution is -2.18. The predicted molar refractivity (Wildman–Crippen MR) is 114 cm³/mol. The monoisotopic (exact) mass is 384 g/mol. The molecule has 0 saturated carbocycles. The number of H-pyrrole nitrogens is 1. The molecule has 0 fully saturated rings. The molecule has 1 heterocycles. The molecule has 4 rings (SSSR count). The van der Waals surface area contributed by atoms with Crippen molar-refractivity contribution in [1.29, 1.82) is 0 Å². The van der Waals surface area contributed by atoms with Gasteiger partial charge in [-0.25, -0.2) is 5.43 Å². The van der Waals surface area contributed by atoms with Crippen molar-refractivity contribution in [3.63, 3.8) is 0 Å². The van der Waals surface area contributed by atoms with Crippen LogP contribution in [0.2, 0.25) is 0 Å². The largest absolute Gasteiger partial charge is 0.507 e. The topological polar surface area (TPSA) is 90.4 Å². The van der Waals surface area contributed by atoms with Crippen LogP contribution in [0.25, 0.3) is 22.0 Å². The molecule has 0 saturated heterocycles. The molecule has 6 heteroatoms. The molecule has 29 heavy (non-hydrogen) atoms. The number of hydrogen-bond donors (Lipinski definition) is 3. The Hall–Kier alpha value is -3.93. The van der Waals surface area contributed by atoms with Crippen LogP contribution in [0, 0.1) is 0 Å². The number of phenols is 1. The maximum atomic E-state index is 12.4. The van der Waals surface area contributed by atoms with Crippen molar-refractivity contribution in [2.45, 2.75) is 13.3 Å². The fourth-order valence-electron chi connectivity index (χ4n) is 3.13. The quantitative estimate of drug-likeness (QED) is 0.355. The predicted octanol–water partition coefficient (Wildman–Crippen LogP) is 4.26. The highest BCUT2D eigenvalue weighted by Gasteiger charge is 2.11. The van der Waals surface area contributed by atoms with Crippen molar-refractivity contribution >= 4 is 22.9 Å². The zero-order valence-electron chi connectivity index (χ0n) is 15.9. The van der Waals surface area contributed by atoms with Gasteiger partial charge >= 0.3 is 0 Å². The number of aromatic nitrogens is 2. The van der Waals surface area contributed by atoms with Crippen LogP contribution in [0.1, 0.15) is 28.5 Å². The minimum absolute atomic E-state index is 0.0982. The highest BCUT2D eigenvalue weighted by molar-refractivity contribution is 6.03. The van der Waals surface area contributed by atoms with Crippen LogP contribution in [0.15, 0.2) is 71.8 Å². The van der Waals surface area contributed by atoms with Crippen molar-refractivity contribution in [2.75, 3.05) is 0 Å². The van der Waals surface area contributed by atoms with Crippen LogP contribution >= 0.6 is 0 Å². The number of aromatic hydroxyl groups is 1. The lowest BCUT2D eigenvalue weighted by atomic mass is 10.0. The molecule has 1 aromatic heterocycles. The van der Waals surface area contributed by atoms with Crippen molar-refractivity contribution in [1.82, 2.24) is 15.6 Å². The molecule has 0 aliphatic carbocycles. The SMILES string of the molecule is CCc1ccc(-c2cc(C(=O)NN=Cc3c(O)ccc4ccccc34)[nH]n2)cc1. The number of nitrogens with one attached hydrogen (secondary N) is 2. The minimum atomic E-state index is -0.412. The second-order valence-electron chi connectivity index (χ2n) is 6.64. The van der Waals surface area contributed by atoms with E-state index in [0.29, 0.717) is 17.0 Å². The fourth-order valence-corrected chi connectivity index (χ4v) is 3.13. The van der Waals surface area contributed by atoms with E-state index in [0.717, 1.165) is 22.8 Å². The van der Waals surface area contributed by atoms with E-state index < -0.39 is 5.91 Å². The van der Waals surface area contributed by atoms with Crippen molar-refractivity contribution < 1.29 is 9.90 Å². The van der Waals surface area contributed by atoms with Gasteiger partial charge in [-0.05, 0) is 34.9 Å². The molecular formula is C23H20N4O2. The molecule has 0 aliphatic heterocycles. The summed E-state index contributed by atoms with van der Waals surface area (Å²) in [6.45, 7) is 2.10. The second kappa shape index (κ2) is 7.98. The third-order valence-electron chi connectivity index (χ3n) is 4.79. The number of phenolic OH excluding ortho intramolecular Hbond substituents is 1. The summed E-state index contributed by atoms with van der Waals surface area (Å²) >= 11 is 0. The van der Waals surface area contributed by atoms with Gasteiger partial charge < -0.3 is 5.11 Å². The first kappa shape index (κ1) is 18.4. The average molecular weight is 384 g/mol. The summed E-state index contributed by atoms with van der Waals surface area (Å²) in [4.78, 5) is 12.4. The maximum Gasteiger partial charge on any atom is 0.289 e. The number of carbonyl (C=O) groups is 1. The van der Waals surface area contributed by atoms with Crippen LogP contribution in [-0.4, -0.2) is 27.4 Å². The number of aryl methyl sites for hydroxylation is 1. The Morgan fingerprint density at radius 1 is 1.14 bits per heavy atom. The lowest BCUT2D eigenvalue weighted by Gasteiger charge is -2.04. The van der Waals surface area contributed by atoms with E-state index in [1.54, 1.807) is 12.1 Å². The van der Waals surface area contributed by atoms with Gasteiger partial charge in [0.2, 0.25) is 0 Å². The summed E-state index contributed by atoms with van der Waals surface area (Å²) in [6, 6.07) is 20.8. The number of benzene rings is 3. The van der Waals surface area contributed by atoms with Crippen LogP contribution in [0.5, 0.6) is 5.75 Å². The first-order chi connectivity index (χ1) is 14.2. The molecule has 3 N–H and O–H groups in total. The van der Waals surface area contributed by atoms with Gasteiger partial charge in [0.05, 0.1) is 11.9 Å². The van der Waals surface area contributed by atoms with Crippen LogP contribution < -0.4 is 5.43 Å². The second-order valence-corrected chi connectivity index (χ2v) is 6.64. The molecule has 0 radical (unpaired) electrons. The zero-order valence-corrected chi connectivity index (χ0v) is 15.9. The van der Waals surface area contributed by atoms with E-state index in [1.165, 1.54) is 11.8 Å². The summed E-state index contributed by atoms with van der Waals surface area (Å²) in [7, 11) is 0. The summed E-state index contributed by atoms with van der Waals surface area (Å²) < 4.78 is 0. The number of rotatable bonds is 5. The summed E-state index contributed by atoms with van der Waals surface area (Å²) in [6.07, 6.45) is 2.41. The van der Waals surface area contributed by atoms with Crippen molar-refractivity contribution in [3.8, 4) is 17.0 Å². The van der Waals surface area contributed by atoms with Gasteiger partial charge in [0, 0.05) is 11.1 Å². The molecule has 6 nitrogen and oxygen atoms in total. The van der Waals surface area contributed by atoms with Gasteiger partial charge in [-0.1, -0.05) is 61.5 Å². The highest BCUT2D eigenvalue weighted by Crippen LogP contribution is 2.25. The normalized spacial score (nSPS) is 11.2. The van der Waals surface area contributed by atoms with Gasteiger partial charge in [-0.3, -0.25) is 9.89 Å². The summed E-state index contributed by atoms with van der Waals surface area (Å²) in [5, 5.41) is 22.9. The Labute approximate surface area is 167 Å². The number of amides is 1.